The molecule has 2 aliphatic rings. The highest BCUT2D eigenvalue weighted by Gasteiger charge is 2.50. The lowest BCUT2D eigenvalue weighted by molar-refractivity contribution is -0.158. The Labute approximate surface area is 99.2 Å². The zero-order chi connectivity index (χ0) is 12.3. The Morgan fingerprint density at radius 3 is 2.94 bits per heavy atom. The monoisotopic (exact) mass is 245 g/mol. The largest absolute Gasteiger partial charge is 0.456 e. The van der Waals surface area contributed by atoms with Gasteiger partial charge in [-0.2, -0.15) is 8.78 Å². The second-order valence-corrected chi connectivity index (χ2v) is 4.64. The fourth-order valence-corrected chi connectivity index (χ4v) is 2.24. The Morgan fingerprint density at radius 1 is 1.53 bits per heavy atom. The van der Waals surface area contributed by atoms with Gasteiger partial charge in [0.05, 0.1) is 6.42 Å². The first-order chi connectivity index (χ1) is 8.08. The van der Waals surface area contributed by atoms with Crippen molar-refractivity contribution in [3.63, 3.8) is 0 Å². The first-order valence-corrected chi connectivity index (χ1v) is 6.05. The van der Waals surface area contributed by atoms with Gasteiger partial charge in [0.15, 0.2) is 0 Å². The smallest absolute Gasteiger partial charge is 0.377 e. The molecule has 1 heterocycles. The molecule has 1 aliphatic carbocycles. The molecule has 1 unspecified atom stereocenters. The summed E-state index contributed by atoms with van der Waals surface area (Å²) in [6.07, 6.45) is 5.54. The second kappa shape index (κ2) is 5.12. The van der Waals surface area contributed by atoms with Gasteiger partial charge >= 0.3 is 11.9 Å². The number of ether oxygens (including phenoxy) is 1. The van der Waals surface area contributed by atoms with E-state index < -0.39 is 24.4 Å². The zero-order valence-electron chi connectivity index (χ0n) is 9.68. The topological polar surface area (TPSA) is 38.3 Å². The molecule has 0 aromatic rings. The van der Waals surface area contributed by atoms with Crippen molar-refractivity contribution in [2.45, 2.75) is 44.1 Å². The van der Waals surface area contributed by atoms with Crippen molar-refractivity contribution >= 4 is 5.97 Å². The molecule has 1 saturated heterocycles. The van der Waals surface area contributed by atoms with Crippen LogP contribution in [-0.2, 0) is 9.53 Å². The van der Waals surface area contributed by atoms with Crippen molar-refractivity contribution in [3.8, 4) is 0 Å². The van der Waals surface area contributed by atoms with Gasteiger partial charge < -0.3 is 10.1 Å². The average Bonchev–Trinajstić information content (AvgIpc) is 2.83. The number of carbonyl (C=O) groups is 1. The van der Waals surface area contributed by atoms with Crippen molar-refractivity contribution in [1.82, 2.24) is 5.32 Å². The van der Waals surface area contributed by atoms with Crippen LogP contribution < -0.4 is 5.32 Å². The van der Waals surface area contributed by atoms with Gasteiger partial charge in [0.2, 0.25) is 0 Å². The van der Waals surface area contributed by atoms with E-state index in [9.17, 15) is 13.6 Å². The minimum atomic E-state index is -3.29. The first-order valence-electron chi connectivity index (χ1n) is 6.05. The summed E-state index contributed by atoms with van der Waals surface area (Å²) in [6.45, 7) is 1.07. The summed E-state index contributed by atoms with van der Waals surface area (Å²) in [5.41, 5.74) is 1.44. The molecule has 0 amide bonds. The minimum Gasteiger partial charge on any atom is -0.456 e. The van der Waals surface area contributed by atoms with Gasteiger partial charge in [0, 0.05) is 6.54 Å². The fourth-order valence-electron chi connectivity index (χ4n) is 2.24. The predicted octanol–water partition coefficient (Wildman–Crippen LogP) is 2.03. The summed E-state index contributed by atoms with van der Waals surface area (Å²) < 4.78 is 30.2. The van der Waals surface area contributed by atoms with Gasteiger partial charge in [-0.25, -0.2) is 4.79 Å². The number of cyclic esters (lactones) is 1. The van der Waals surface area contributed by atoms with Crippen LogP contribution in [0.3, 0.4) is 0 Å². The number of allylic oxidation sites excluding steroid dienone is 1. The van der Waals surface area contributed by atoms with E-state index >= 15 is 0 Å². The fraction of sp³-hybridized carbons (Fsp3) is 0.750. The van der Waals surface area contributed by atoms with Gasteiger partial charge in [-0.15, -0.1) is 0 Å². The normalized spacial score (nSPS) is 27.1. The third kappa shape index (κ3) is 3.25. The van der Waals surface area contributed by atoms with Crippen LogP contribution in [0.2, 0.25) is 0 Å². The molecule has 17 heavy (non-hydrogen) atoms. The van der Waals surface area contributed by atoms with Gasteiger partial charge in [-0.1, -0.05) is 11.6 Å². The molecule has 96 valence electrons. The summed E-state index contributed by atoms with van der Waals surface area (Å²) in [6, 6.07) is 0. The zero-order valence-corrected chi connectivity index (χ0v) is 9.68. The lowest BCUT2D eigenvalue weighted by atomic mass is 10.1. The molecule has 1 N–H and O–H groups in total. The summed E-state index contributed by atoms with van der Waals surface area (Å²) in [7, 11) is 0. The van der Waals surface area contributed by atoms with Crippen LogP contribution in [0, 0.1) is 0 Å². The van der Waals surface area contributed by atoms with E-state index in [0.29, 0.717) is 6.54 Å². The Hall–Kier alpha value is -0.970. The SMILES string of the molecule is O=C1OC(CNCCC2=CCCC2)CC1(F)F. The summed E-state index contributed by atoms with van der Waals surface area (Å²) in [5, 5.41) is 3.06. The van der Waals surface area contributed by atoms with Crippen LogP contribution in [0.1, 0.15) is 32.1 Å². The number of alkyl halides is 2. The molecule has 1 atom stereocenters. The molecule has 0 aromatic heterocycles. The van der Waals surface area contributed by atoms with Crippen molar-refractivity contribution in [2.24, 2.45) is 0 Å². The van der Waals surface area contributed by atoms with Gasteiger partial charge in [-0.05, 0) is 32.2 Å². The lowest BCUT2D eigenvalue weighted by Gasteiger charge is -2.10. The molecule has 1 fully saturated rings. The van der Waals surface area contributed by atoms with Crippen LogP contribution in [0.5, 0.6) is 0 Å². The van der Waals surface area contributed by atoms with Crippen LogP contribution in [0.25, 0.3) is 0 Å². The number of halogens is 2. The van der Waals surface area contributed by atoms with E-state index in [1.165, 1.54) is 12.0 Å². The summed E-state index contributed by atoms with van der Waals surface area (Å²) in [5.74, 6) is -4.68. The number of rotatable bonds is 5. The predicted molar refractivity (Wildman–Crippen MR) is 58.9 cm³/mol. The van der Waals surface area contributed by atoms with E-state index in [1.54, 1.807) is 0 Å². The van der Waals surface area contributed by atoms with Gasteiger partial charge in [0.1, 0.15) is 6.10 Å². The van der Waals surface area contributed by atoms with Crippen molar-refractivity contribution in [3.05, 3.63) is 11.6 Å². The van der Waals surface area contributed by atoms with Crippen LogP contribution in [0.15, 0.2) is 11.6 Å². The third-order valence-electron chi connectivity index (χ3n) is 3.19. The van der Waals surface area contributed by atoms with E-state index in [4.69, 9.17) is 0 Å². The third-order valence-corrected chi connectivity index (χ3v) is 3.19. The van der Waals surface area contributed by atoms with E-state index in [0.717, 1.165) is 25.8 Å². The molecule has 1 aliphatic heterocycles. The van der Waals surface area contributed by atoms with Crippen molar-refractivity contribution in [2.75, 3.05) is 13.1 Å². The molecule has 0 aromatic carbocycles. The molecule has 0 saturated carbocycles. The Morgan fingerprint density at radius 2 is 2.35 bits per heavy atom. The maximum absolute atomic E-state index is 12.8. The average molecular weight is 245 g/mol. The molecule has 0 bridgehead atoms. The van der Waals surface area contributed by atoms with Gasteiger partial charge in [-0.3, -0.25) is 0 Å². The number of hydrogen-bond acceptors (Lipinski definition) is 3. The maximum Gasteiger partial charge on any atom is 0.377 e. The molecule has 2 rings (SSSR count). The quantitative estimate of drug-likeness (QED) is 0.457. The number of hydrogen-bond donors (Lipinski definition) is 1. The Bertz CT molecular complexity index is 328. The molecular weight excluding hydrogens is 228 g/mol. The van der Waals surface area contributed by atoms with E-state index in [1.807, 2.05) is 0 Å². The van der Waals surface area contributed by atoms with Crippen LogP contribution in [0.4, 0.5) is 8.78 Å². The number of nitrogens with one attached hydrogen (secondary N) is 1. The second-order valence-electron chi connectivity index (χ2n) is 4.64. The lowest BCUT2D eigenvalue weighted by Crippen LogP contribution is -2.28. The minimum absolute atomic E-state index is 0.314. The van der Waals surface area contributed by atoms with E-state index in [-0.39, 0.29) is 0 Å². The summed E-state index contributed by atoms with van der Waals surface area (Å²) >= 11 is 0. The van der Waals surface area contributed by atoms with Crippen LogP contribution >= 0.6 is 0 Å². The molecule has 3 nitrogen and oxygen atoms in total. The highest BCUT2D eigenvalue weighted by atomic mass is 19.3. The molecule has 5 heteroatoms. The summed E-state index contributed by atoms with van der Waals surface area (Å²) in [4.78, 5) is 10.7. The number of esters is 1. The standard InChI is InChI=1S/C12H17F2NO2/c13-12(14)7-10(17-11(12)16)8-15-6-5-9-3-1-2-4-9/h3,10,15H,1-2,4-8H2. The van der Waals surface area contributed by atoms with Crippen LogP contribution in [-0.4, -0.2) is 31.1 Å². The Kier molecular flexibility index (Phi) is 3.76. The highest BCUT2D eigenvalue weighted by molar-refractivity contribution is 5.79. The molecule has 0 spiro atoms. The van der Waals surface area contributed by atoms with Crippen molar-refractivity contribution < 1.29 is 18.3 Å². The Balaban J connectivity index is 1.61. The molecule has 0 radical (unpaired) electrons. The van der Waals surface area contributed by atoms with Crippen molar-refractivity contribution in [1.29, 1.82) is 0 Å². The van der Waals surface area contributed by atoms with E-state index in [2.05, 4.69) is 16.1 Å². The highest BCUT2D eigenvalue weighted by Crippen LogP contribution is 2.30. The first kappa shape index (κ1) is 12.5. The molecular formula is C12H17F2NO2. The maximum atomic E-state index is 12.8. The van der Waals surface area contributed by atoms with Gasteiger partial charge in [0.25, 0.3) is 0 Å². The number of carbonyl (C=O) groups excluding carboxylic acids is 1.